The Kier molecular flexibility index (Phi) is 1.82. The van der Waals surface area contributed by atoms with Gasteiger partial charge in [0.2, 0.25) is 11.5 Å². The van der Waals surface area contributed by atoms with Crippen molar-refractivity contribution in [2.45, 2.75) is 0 Å². The van der Waals surface area contributed by atoms with Gasteiger partial charge in [-0.1, -0.05) is 0 Å². The van der Waals surface area contributed by atoms with Gasteiger partial charge in [-0.3, -0.25) is 5.41 Å². The number of hydrogen-bond acceptors (Lipinski definition) is 2. The minimum atomic E-state index is 0.777. The van der Waals surface area contributed by atoms with Crippen LogP contribution in [0.4, 0.5) is 0 Å². The Morgan fingerprint density at radius 3 is 2.81 bits per heavy atom. The molecule has 0 radical (unpaired) electrons. The molecular formula is C12H9N4+. The summed E-state index contributed by atoms with van der Waals surface area (Å²) >= 11 is 0. The molecule has 0 aliphatic carbocycles. The number of hydrogen-bond donors (Lipinski definition) is 1. The molecule has 0 bridgehead atoms. The third kappa shape index (κ3) is 1.21. The standard InChI is InChI=1S/C12H9N4/c13-8-10-2-4-11(5-3-10)12-9-14-16-7-1-6-15(12)16/h1-7,9,13H/q+1. The molecule has 1 N–H and O–H groups in total. The molecular weight excluding hydrogens is 200 g/mol. The van der Waals surface area contributed by atoms with Gasteiger partial charge in [0, 0.05) is 21.6 Å². The van der Waals surface area contributed by atoms with Crippen LogP contribution in [0.15, 0.2) is 48.9 Å². The summed E-state index contributed by atoms with van der Waals surface area (Å²) in [5, 5.41) is 14.1. The van der Waals surface area contributed by atoms with Crippen LogP contribution in [0, 0.1) is 16.0 Å². The fourth-order valence-corrected chi connectivity index (χ4v) is 1.73. The molecule has 4 heteroatoms. The summed E-state index contributed by atoms with van der Waals surface area (Å²) in [5.74, 6) is 2.35. The van der Waals surface area contributed by atoms with Crippen molar-refractivity contribution in [3.8, 4) is 0 Å². The average molecular weight is 209 g/mol. The minimum Gasteiger partial charge on any atom is -0.258 e. The van der Waals surface area contributed by atoms with Crippen LogP contribution in [0.25, 0.3) is 0 Å². The van der Waals surface area contributed by atoms with Gasteiger partial charge in [0.1, 0.15) is 6.20 Å². The highest BCUT2D eigenvalue weighted by molar-refractivity contribution is 5.47. The molecule has 2 heterocycles. The number of nitrogens with one attached hydrogen (secondary N) is 1. The lowest BCUT2D eigenvalue weighted by molar-refractivity contribution is -0.627. The molecule has 1 aromatic carbocycles. The predicted octanol–water partition coefficient (Wildman–Crippen LogP) is -0.154. The summed E-state index contributed by atoms with van der Waals surface area (Å²) < 4.78 is 3.73. The smallest absolute Gasteiger partial charge is 0.215 e. The van der Waals surface area contributed by atoms with Crippen molar-refractivity contribution >= 4 is 5.87 Å². The maximum atomic E-state index is 7.02. The fraction of sp³-hybridized carbons (Fsp3) is 0. The van der Waals surface area contributed by atoms with Gasteiger partial charge in [-0.05, 0) is 34.8 Å². The third-order valence-electron chi connectivity index (χ3n) is 2.54. The van der Waals surface area contributed by atoms with Crippen molar-refractivity contribution in [3.05, 3.63) is 64.7 Å². The Hall–Kier alpha value is -2.45. The van der Waals surface area contributed by atoms with Crippen LogP contribution in [0.1, 0.15) is 0 Å². The van der Waals surface area contributed by atoms with Gasteiger partial charge in [-0.2, -0.15) is 0 Å². The van der Waals surface area contributed by atoms with Crippen LogP contribution in [0.2, 0.25) is 0 Å². The van der Waals surface area contributed by atoms with Crippen LogP contribution < -0.4 is 9.73 Å². The van der Waals surface area contributed by atoms with Gasteiger partial charge < -0.3 is 0 Å². The van der Waals surface area contributed by atoms with E-state index in [1.165, 1.54) is 0 Å². The SMILES string of the molecule is N=C=c1ccc(=c2cnn3ccc[n+]23)cc1. The van der Waals surface area contributed by atoms with Crippen LogP contribution in [0.5, 0.6) is 0 Å². The van der Waals surface area contributed by atoms with Gasteiger partial charge in [-0.15, -0.1) is 4.52 Å². The summed E-state index contributed by atoms with van der Waals surface area (Å²) in [6, 6.07) is 9.61. The fourth-order valence-electron chi connectivity index (χ4n) is 1.73. The summed E-state index contributed by atoms with van der Waals surface area (Å²) in [4.78, 5) is 0. The zero-order valence-electron chi connectivity index (χ0n) is 8.46. The van der Waals surface area contributed by atoms with E-state index >= 15 is 0 Å². The predicted molar refractivity (Wildman–Crippen MR) is 57.0 cm³/mol. The quantitative estimate of drug-likeness (QED) is 0.406. The molecule has 4 nitrogen and oxygen atoms in total. The van der Waals surface area contributed by atoms with Crippen LogP contribution in [-0.2, 0) is 0 Å². The highest BCUT2D eigenvalue weighted by atomic mass is 15.5. The Morgan fingerprint density at radius 2 is 2.06 bits per heavy atom. The summed E-state index contributed by atoms with van der Waals surface area (Å²) in [6.45, 7) is 0. The van der Waals surface area contributed by atoms with E-state index in [9.17, 15) is 0 Å². The van der Waals surface area contributed by atoms with Crippen LogP contribution in [0.3, 0.4) is 0 Å². The number of benzene rings is 1. The van der Waals surface area contributed by atoms with E-state index in [0.717, 1.165) is 15.8 Å². The van der Waals surface area contributed by atoms with E-state index in [1.807, 2.05) is 53.4 Å². The van der Waals surface area contributed by atoms with Crippen molar-refractivity contribution < 1.29 is 4.52 Å². The first-order chi connectivity index (χ1) is 7.88. The molecule has 16 heavy (non-hydrogen) atoms. The maximum Gasteiger partial charge on any atom is 0.215 e. The Morgan fingerprint density at radius 1 is 1.25 bits per heavy atom. The number of rotatable bonds is 0. The molecule has 0 spiro atoms. The van der Waals surface area contributed by atoms with E-state index in [4.69, 9.17) is 5.41 Å². The molecule has 0 unspecified atom stereocenters. The van der Waals surface area contributed by atoms with Crippen LogP contribution >= 0.6 is 0 Å². The first kappa shape index (κ1) is 8.83. The molecule has 0 aliphatic heterocycles. The summed E-state index contributed by atoms with van der Waals surface area (Å²) in [7, 11) is 0. The van der Waals surface area contributed by atoms with Crippen molar-refractivity contribution in [1.29, 1.82) is 5.41 Å². The Balaban J connectivity index is 2.51. The molecule has 3 aromatic rings. The molecule has 3 rings (SSSR count). The molecule has 0 amide bonds. The van der Waals surface area contributed by atoms with E-state index in [0.29, 0.717) is 0 Å². The van der Waals surface area contributed by atoms with Crippen LogP contribution in [-0.4, -0.2) is 15.6 Å². The first-order valence-corrected chi connectivity index (χ1v) is 4.92. The van der Waals surface area contributed by atoms with E-state index in [1.54, 1.807) is 4.63 Å². The van der Waals surface area contributed by atoms with Crippen molar-refractivity contribution in [3.63, 3.8) is 0 Å². The van der Waals surface area contributed by atoms with Gasteiger partial charge >= 0.3 is 0 Å². The zero-order valence-corrected chi connectivity index (χ0v) is 8.46. The summed E-state index contributed by atoms with van der Waals surface area (Å²) in [6.07, 6.45) is 5.67. The second-order valence-corrected chi connectivity index (χ2v) is 3.49. The van der Waals surface area contributed by atoms with Gasteiger partial charge in [0.05, 0.1) is 6.20 Å². The maximum absolute atomic E-state index is 7.02. The molecule has 0 saturated heterocycles. The van der Waals surface area contributed by atoms with Crippen molar-refractivity contribution in [2.24, 2.45) is 0 Å². The zero-order chi connectivity index (χ0) is 11.0. The largest absolute Gasteiger partial charge is 0.258 e. The first-order valence-electron chi connectivity index (χ1n) is 4.92. The van der Waals surface area contributed by atoms with Crippen molar-refractivity contribution in [1.82, 2.24) is 9.73 Å². The average Bonchev–Trinajstić information content (AvgIpc) is 2.91. The lowest BCUT2D eigenvalue weighted by Gasteiger charge is -1.82. The molecule has 0 aliphatic rings. The summed E-state index contributed by atoms with van der Waals surface area (Å²) in [5.41, 5.74) is 0. The van der Waals surface area contributed by atoms with Gasteiger partial charge in [0.25, 0.3) is 0 Å². The number of fused-ring (bicyclic) bond motifs is 1. The van der Waals surface area contributed by atoms with Crippen molar-refractivity contribution in [2.75, 3.05) is 0 Å². The molecule has 76 valence electrons. The molecule has 2 aromatic heterocycles. The monoisotopic (exact) mass is 209 g/mol. The van der Waals surface area contributed by atoms with Gasteiger partial charge in [-0.25, -0.2) is 0 Å². The Labute approximate surface area is 90.9 Å². The van der Waals surface area contributed by atoms with E-state index < -0.39 is 0 Å². The second kappa shape index (κ2) is 3.29. The molecule has 0 fully saturated rings. The highest BCUT2D eigenvalue weighted by Crippen LogP contribution is 1.89. The normalized spacial score (nSPS) is 10.5. The topological polar surface area (TPSA) is 45.3 Å². The molecule has 0 atom stereocenters. The second-order valence-electron chi connectivity index (χ2n) is 3.49. The lowest BCUT2D eigenvalue weighted by atomic mass is 10.2. The third-order valence-corrected chi connectivity index (χ3v) is 2.54. The highest BCUT2D eigenvalue weighted by Gasteiger charge is 2.04. The van der Waals surface area contributed by atoms with E-state index in [-0.39, 0.29) is 0 Å². The van der Waals surface area contributed by atoms with E-state index in [2.05, 4.69) is 11.0 Å². The Bertz CT molecular complexity index is 789. The number of aromatic nitrogens is 3. The molecule has 0 saturated carbocycles. The van der Waals surface area contributed by atoms with Gasteiger partial charge in [0.15, 0.2) is 0 Å². The minimum absolute atomic E-state index is 0.777. The number of nitrogens with zero attached hydrogens (tertiary/aromatic N) is 3. The lowest BCUT2D eigenvalue weighted by Crippen LogP contribution is -2.25.